The van der Waals surface area contributed by atoms with Gasteiger partial charge in [-0.2, -0.15) is 0 Å². The van der Waals surface area contributed by atoms with Crippen molar-refractivity contribution < 1.29 is 14.3 Å². The average Bonchev–Trinajstić information content (AvgIpc) is 3.27. The first-order chi connectivity index (χ1) is 16.5. The molecular formula is C25H23ClN4O3S. The van der Waals surface area contributed by atoms with Gasteiger partial charge in [0.25, 0.3) is 0 Å². The lowest BCUT2D eigenvalue weighted by Gasteiger charge is -2.12. The van der Waals surface area contributed by atoms with Gasteiger partial charge in [-0.15, -0.1) is 10.2 Å². The fourth-order valence-corrected chi connectivity index (χ4v) is 4.30. The number of hydrogen-bond donors (Lipinski definition) is 1. The largest absolute Gasteiger partial charge is 0.497 e. The van der Waals surface area contributed by atoms with Crippen LogP contribution in [0.4, 0.5) is 5.69 Å². The van der Waals surface area contributed by atoms with Crippen LogP contribution in [-0.4, -0.2) is 40.6 Å². The van der Waals surface area contributed by atoms with Crippen LogP contribution in [0, 0.1) is 6.92 Å². The summed E-state index contributed by atoms with van der Waals surface area (Å²) in [6.45, 7) is 2.04. The van der Waals surface area contributed by atoms with E-state index in [1.165, 1.54) is 11.8 Å². The topological polar surface area (TPSA) is 78.3 Å². The summed E-state index contributed by atoms with van der Waals surface area (Å²) >= 11 is 7.45. The highest BCUT2D eigenvalue weighted by atomic mass is 35.5. The number of hydrogen-bond acceptors (Lipinski definition) is 6. The molecule has 0 unspecified atom stereocenters. The van der Waals surface area contributed by atoms with Crippen LogP contribution >= 0.6 is 23.4 Å². The maximum atomic E-state index is 12.6. The number of anilines is 1. The normalized spacial score (nSPS) is 10.7. The smallest absolute Gasteiger partial charge is 0.234 e. The number of amides is 1. The summed E-state index contributed by atoms with van der Waals surface area (Å²) in [5.41, 5.74) is 3.54. The lowest BCUT2D eigenvalue weighted by atomic mass is 10.1. The number of carbonyl (C=O) groups is 1. The number of nitrogens with zero attached hydrogens (tertiary/aromatic N) is 3. The summed E-state index contributed by atoms with van der Waals surface area (Å²) in [4.78, 5) is 12.6. The molecule has 0 spiro atoms. The Kier molecular flexibility index (Phi) is 7.40. The Balaban J connectivity index is 1.57. The van der Waals surface area contributed by atoms with Crippen LogP contribution in [0.3, 0.4) is 0 Å². The number of rotatable bonds is 8. The average molecular weight is 495 g/mol. The highest BCUT2D eigenvalue weighted by molar-refractivity contribution is 7.99. The van der Waals surface area contributed by atoms with Crippen molar-refractivity contribution >= 4 is 35.0 Å². The Bertz CT molecular complexity index is 1290. The summed E-state index contributed by atoms with van der Waals surface area (Å²) < 4.78 is 12.4. The van der Waals surface area contributed by atoms with Gasteiger partial charge >= 0.3 is 0 Å². The predicted octanol–water partition coefficient (Wildman–Crippen LogP) is 5.64. The second-order valence-electron chi connectivity index (χ2n) is 7.39. The van der Waals surface area contributed by atoms with Crippen LogP contribution in [0.25, 0.3) is 17.1 Å². The number of ether oxygens (including phenoxy) is 2. The summed E-state index contributed by atoms with van der Waals surface area (Å²) in [5.74, 6) is 1.94. The van der Waals surface area contributed by atoms with E-state index in [0.717, 1.165) is 22.6 Å². The molecule has 1 aromatic heterocycles. The van der Waals surface area contributed by atoms with E-state index < -0.39 is 0 Å². The minimum atomic E-state index is -0.188. The molecule has 0 bridgehead atoms. The summed E-state index contributed by atoms with van der Waals surface area (Å²) in [5, 5.41) is 12.7. The number of aromatic nitrogens is 3. The van der Waals surface area contributed by atoms with Gasteiger partial charge in [-0.05, 0) is 49.4 Å². The molecule has 0 aliphatic carbocycles. The number of methoxy groups -OCH3 is 2. The van der Waals surface area contributed by atoms with Gasteiger partial charge < -0.3 is 14.8 Å². The van der Waals surface area contributed by atoms with Crippen molar-refractivity contribution in [3.63, 3.8) is 0 Å². The number of benzene rings is 3. The van der Waals surface area contributed by atoms with Crippen molar-refractivity contribution in [2.75, 3.05) is 25.3 Å². The van der Waals surface area contributed by atoms with Crippen LogP contribution in [0.2, 0.25) is 5.02 Å². The fraction of sp³-hybridized carbons (Fsp3) is 0.160. The first kappa shape index (κ1) is 23.7. The van der Waals surface area contributed by atoms with Crippen molar-refractivity contribution in [3.8, 4) is 28.6 Å². The maximum Gasteiger partial charge on any atom is 0.234 e. The Morgan fingerprint density at radius 2 is 1.74 bits per heavy atom. The monoisotopic (exact) mass is 494 g/mol. The van der Waals surface area contributed by atoms with Gasteiger partial charge in [-0.3, -0.25) is 9.36 Å². The fourth-order valence-electron chi connectivity index (χ4n) is 3.29. The number of halogens is 1. The summed E-state index contributed by atoms with van der Waals surface area (Å²) in [7, 11) is 3.17. The predicted molar refractivity (Wildman–Crippen MR) is 135 cm³/mol. The second-order valence-corrected chi connectivity index (χ2v) is 8.74. The highest BCUT2D eigenvalue weighted by Gasteiger charge is 2.18. The molecule has 174 valence electrons. The summed E-state index contributed by atoms with van der Waals surface area (Å²) in [6, 6.07) is 20.8. The molecule has 1 N–H and O–H groups in total. The van der Waals surface area contributed by atoms with E-state index in [1.807, 2.05) is 60.0 Å². The number of nitrogens with one attached hydrogen (secondary N) is 1. The molecular weight excluding hydrogens is 472 g/mol. The number of thioether (sulfide) groups is 1. The van der Waals surface area contributed by atoms with Crippen molar-refractivity contribution in [2.45, 2.75) is 12.1 Å². The maximum absolute atomic E-state index is 12.6. The molecule has 34 heavy (non-hydrogen) atoms. The molecule has 1 heterocycles. The van der Waals surface area contributed by atoms with Gasteiger partial charge in [0.05, 0.1) is 25.0 Å². The molecule has 4 rings (SSSR count). The molecule has 0 saturated carbocycles. The molecule has 9 heteroatoms. The van der Waals surface area contributed by atoms with Gasteiger partial charge in [0.15, 0.2) is 11.0 Å². The quantitative estimate of drug-likeness (QED) is 0.319. The highest BCUT2D eigenvalue weighted by Crippen LogP contribution is 2.30. The third-order valence-corrected chi connectivity index (χ3v) is 6.27. The van der Waals surface area contributed by atoms with Crippen molar-refractivity contribution in [1.82, 2.24) is 14.8 Å². The Morgan fingerprint density at radius 1 is 1.00 bits per heavy atom. The first-order valence-electron chi connectivity index (χ1n) is 10.4. The van der Waals surface area contributed by atoms with Crippen LogP contribution in [0.1, 0.15) is 5.56 Å². The van der Waals surface area contributed by atoms with Gasteiger partial charge in [0.2, 0.25) is 5.91 Å². The molecule has 4 aromatic rings. The minimum Gasteiger partial charge on any atom is -0.497 e. The van der Waals surface area contributed by atoms with Gasteiger partial charge in [-0.25, -0.2) is 0 Å². The second kappa shape index (κ2) is 10.6. The van der Waals surface area contributed by atoms with Crippen LogP contribution in [0.15, 0.2) is 71.9 Å². The molecule has 0 aliphatic rings. The van der Waals surface area contributed by atoms with Gasteiger partial charge in [-0.1, -0.05) is 53.2 Å². The molecule has 0 aliphatic heterocycles. The van der Waals surface area contributed by atoms with Crippen molar-refractivity contribution in [3.05, 3.63) is 77.3 Å². The van der Waals surface area contributed by atoms with E-state index in [4.69, 9.17) is 21.1 Å². The van der Waals surface area contributed by atoms with Crippen LogP contribution in [0.5, 0.6) is 11.5 Å². The van der Waals surface area contributed by atoms with E-state index in [1.54, 1.807) is 32.4 Å². The van der Waals surface area contributed by atoms with Crippen LogP contribution < -0.4 is 14.8 Å². The molecule has 0 atom stereocenters. The zero-order valence-electron chi connectivity index (χ0n) is 18.9. The van der Waals surface area contributed by atoms with Gasteiger partial charge in [0.1, 0.15) is 11.5 Å². The molecule has 0 saturated heterocycles. The van der Waals surface area contributed by atoms with E-state index in [-0.39, 0.29) is 11.7 Å². The molecule has 3 aromatic carbocycles. The lowest BCUT2D eigenvalue weighted by Crippen LogP contribution is -2.14. The number of carbonyl (C=O) groups excluding carboxylic acids is 1. The zero-order valence-corrected chi connectivity index (χ0v) is 20.5. The summed E-state index contributed by atoms with van der Waals surface area (Å²) in [6.07, 6.45) is 0. The lowest BCUT2D eigenvalue weighted by molar-refractivity contribution is -0.113. The first-order valence-corrected chi connectivity index (χ1v) is 11.8. The third kappa shape index (κ3) is 5.35. The SMILES string of the molecule is COc1ccc(-n2c(SCC(=O)Nc3ccc(OC)c(Cl)c3)nnc2-c2ccc(C)cc2)cc1. The Hall–Kier alpha value is -3.49. The van der Waals surface area contributed by atoms with Crippen molar-refractivity contribution in [2.24, 2.45) is 0 Å². The van der Waals surface area contributed by atoms with Gasteiger partial charge in [0, 0.05) is 16.9 Å². The zero-order chi connectivity index (χ0) is 24.1. The Labute approximate surface area is 207 Å². The van der Waals surface area contributed by atoms with E-state index in [2.05, 4.69) is 15.5 Å². The van der Waals surface area contributed by atoms with Crippen molar-refractivity contribution in [1.29, 1.82) is 0 Å². The van der Waals surface area contributed by atoms with E-state index in [0.29, 0.717) is 27.4 Å². The third-order valence-electron chi connectivity index (χ3n) is 5.04. The molecule has 7 nitrogen and oxygen atoms in total. The molecule has 1 amide bonds. The number of aryl methyl sites for hydroxylation is 1. The Morgan fingerprint density at radius 3 is 2.38 bits per heavy atom. The van der Waals surface area contributed by atoms with E-state index >= 15 is 0 Å². The van der Waals surface area contributed by atoms with Crippen LogP contribution in [-0.2, 0) is 4.79 Å². The molecule has 0 radical (unpaired) electrons. The standard InChI is InChI=1S/C25H23ClN4O3S/c1-16-4-6-17(7-5-16)24-28-29-25(30(24)19-9-11-20(32-2)12-10-19)34-15-23(31)27-18-8-13-22(33-3)21(26)14-18/h4-14H,15H2,1-3H3,(H,27,31). The minimum absolute atomic E-state index is 0.145. The van der Waals surface area contributed by atoms with E-state index in [9.17, 15) is 4.79 Å². The molecule has 0 fully saturated rings.